The van der Waals surface area contributed by atoms with E-state index in [1.165, 1.54) is 16.9 Å². The molecule has 0 aliphatic carbocycles. The lowest BCUT2D eigenvalue weighted by Gasteiger charge is -2.18. The van der Waals surface area contributed by atoms with E-state index in [4.69, 9.17) is 0 Å². The van der Waals surface area contributed by atoms with Crippen LogP contribution in [-0.2, 0) is 13.0 Å². The van der Waals surface area contributed by atoms with Crippen molar-refractivity contribution in [2.24, 2.45) is 0 Å². The van der Waals surface area contributed by atoms with Crippen LogP contribution in [0, 0.1) is 0 Å². The molecule has 1 aromatic heterocycles. The topological polar surface area (TPSA) is 49.4 Å². The molecule has 5 heteroatoms. The zero-order chi connectivity index (χ0) is 17.9. The molecular formula is C21H18N2O2S. The number of fused-ring (bicyclic) bond motifs is 1. The van der Waals surface area contributed by atoms with Crippen LogP contribution < -0.4 is 10.2 Å². The molecule has 4 nitrogen and oxygen atoms in total. The van der Waals surface area contributed by atoms with Crippen LogP contribution in [0.1, 0.15) is 31.2 Å². The van der Waals surface area contributed by atoms with Gasteiger partial charge in [-0.05, 0) is 47.2 Å². The Morgan fingerprint density at radius 1 is 1.04 bits per heavy atom. The molecule has 0 bridgehead atoms. The molecule has 0 spiro atoms. The Morgan fingerprint density at radius 3 is 2.65 bits per heavy atom. The lowest BCUT2D eigenvalue weighted by molar-refractivity contribution is 0.0953. The van der Waals surface area contributed by atoms with E-state index >= 15 is 0 Å². The minimum atomic E-state index is -0.0716. The van der Waals surface area contributed by atoms with Gasteiger partial charge in [0.1, 0.15) is 0 Å². The predicted octanol–water partition coefficient (Wildman–Crippen LogP) is 3.88. The van der Waals surface area contributed by atoms with Gasteiger partial charge in [-0.25, -0.2) is 0 Å². The third kappa shape index (κ3) is 3.26. The maximum absolute atomic E-state index is 12.8. The number of amides is 2. The summed E-state index contributed by atoms with van der Waals surface area (Å²) in [6.45, 7) is 1.13. The van der Waals surface area contributed by atoms with Crippen LogP contribution in [0.4, 0.5) is 5.69 Å². The zero-order valence-electron chi connectivity index (χ0n) is 14.1. The van der Waals surface area contributed by atoms with Crippen LogP contribution in [0.5, 0.6) is 0 Å². The molecule has 0 unspecified atom stereocenters. The second-order valence-corrected chi connectivity index (χ2v) is 7.14. The van der Waals surface area contributed by atoms with Gasteiger partial charge in [0.05, 0.1) is 4.88 Å². The SMILES string of the molecule is O=C(NCc1ccc2c(c1)N(C(=O)c1ccccc1)CC2)c1cccs1. The van der Waals surface area contributed by atoms with Crippen molar-refractivity contribution < 1.29 is 9.59 Å². The molecule has 0 fully saturated rings. The fraction of sp³-hybridized carbons (Fsp3) is 0.143. The van der Waals surface area contributed by atoms with Crippen LogP contribution in [0.2, 0.25) is 0 Å². The fourth-order valence-electron chi connectivity index (χ4n) is 3.16. The molecule has 0 radical (unpaired) electrons. The number of benzene rings is 2. The summed E-state index contributed by atoms with van der Waals surface area (Å²) in [6, 6.07) is 19.1. The van der Waals surface area contributed by atoms with E-state index in [0.717, 1.165) is 17.7 Å². The van der Waals surface area contributed by atoms with Gasteiger partial charge in [0, 0.05) is 24.3 Å². The average Bonchev–Trinajstić information content (AvgIpc) is 3.36. The molecule has 4 rings (SSSR count). The number of hydrogen-bond acceptors (Lipinski definition) is 3. The highest BCUT2D eigenvalue weighted by molar-refractivity contribution is 7.12. The number of carbonyl (C=O) groups is 2. The number of hydrogen-bond donors (Lipinski definition) is 1. The van der Waals surface area contributed by atoms with Gasteiger partial charge in [0.15, 0.2) is 0 Å². The highest BCUT2D eigenvalue weighted by Gasteiger charge is 2.25. The lowest BCUT2D eigenvalue weighted by Crippen LogP contribution is -2.29. The quantitative estimate of drug-likeness (QED) is 0.766. The van der Waals surface area contributed by atoms with Crippen molar-refractivity contribution in [1.29, 1.82) is 0 Å². The minimum Gasteiger partial charge on any atom is -0.347 e. The van der Waals surface area contributed by atoms with E-state index in [2.05, 4.69) is 11.4 Å². The van der Waals surface area contributed by atoms with E-state index < -0.39 is 0 Å². The third-order valence-corrected chi connectivity index (χ3v) is 5.38. The second kappa shape index (κ2) is 7.14. The van der Waals surface area contributed by atoms with Crippen LogP contribution in [0.3, 0.4) is 0 Å². The van der Waals surface area contributed by atoms with Crippen molar-refractivity contribution >= 4 is 28.8 Å². The van der Waals surface area contributed by atoms with Gasteiger partial charge >= 0.3 is 0 Å². The number of nitrogens with zero attached hydrogens (tertiary/aromatic N) is 1. The Labute approximate surface area is 156 Å². The van der Waals surface area contributed by atoms with Gasteiger partial charge in [-0.15, -0.1) is 11.3 Å². The first-order chi connectivity index (χ1) is 12.7. The van der Waals surface area contributed by atoms with Crippen molar-refractivity contribution in [1.82, 2.24) is 5.32 Å². The van der Waals surface area contributed by atoms with Gasteiger partial charge in [-0.3, -0.25) is 9.59 Å². The largest absolute Gasteiger partial charge is 0.347 e. The smallest absolute Gasteiger partial charge is 0.261 e. The Hall–Kier alpha value is -2.92. The number of nitrogens with one attached hydrogen (secondary N) is 1. The van der Waals surface area contributed by atoms with Crippen molar-refractivity contribution in [3.63, 3.8) is 0 Å². The number of carbonyl (C=O) groups excluding carboxylic acids is 2. The molecule has 2 heterocycles. The van der Waals surface area contributed by atoms with E-state index in [-0.39, 0.29) is 11.8 Å². The third-order valence-electron chi connectivity index (χ3n) is 4.51. The van der Waals surface area contributed by atoms with Crippen molar-refractivity contribution in [2.45, 2.75) is 13.0 Å². The van der Waals surface area contributed by atoms with Crippen LogP contribution >= 0.6 is 11.3 Å². The number of anilines is 1. The first kappa shape index (κ1) is 16.5. The second-order valence-electron chi connectivity index (χ2n) is 6.20. The summed E-state index contributed by atoms with van der Waals surface area (Å²) in [5.74, 6) is -0.0539. The maximum atomic E-state index is 12.8. The Balaban J connectivity index is 1.51. The molecule has 130 valence electrons. The summed E-state index contributed by atoms with van der Waals surface area (Å²) < 4.78 is 0. The average molecular weight is 362 g/mol. The van der Waals surface area contributed by atoms with Gasteiger partial charge < -0.3 is 10.2 Å². The normalized spacial score (nSPS) is 12.7. The van der Waals surface area contributed by atoms with Crippen molar-refractivity contribution in [2.75, 3.05) is 11.4 Å². The lowest BCUT2D eigenvalue weighted by atomic mass is 10.1. The van der Waals surface area contributed by atoms with E-state index in [1.807, 2.05) is 64.9 Å². The van der Waals surface area contributed by atoms with E-state index in [0.29, 0.717) is 23.5 Å². The van der Waals surface area contributed by atoms with E-state index in [1.54, 1.807) is 0 Å². The van der Waals surface area contributed by atoms with Crippen molar-refractivity contribution in [3.05, 3.63) is 87.6 Å². The summed E-state index contributed by atoms with van der Waals surface area (Å²) in [5.41, 5.74) is 3.79. The van der Waals surface area contributed by atoms with Crippen LogP contribution in [0.25, 0.3) is 0 Å². The summed E-state index contributed by atoms with van der Waals surface area (Å²) in [6.07, 6.45) is 0.857. The molecule has 1 aliphatic rings. The molecule has 0 atom stereocenters. The Bertz CT molecular complexity index is 936. The van der Waals surface area contributed by atoms with Gasteiger partial charge in [0.25, 0.3) is 11.8 Å². The molecule has 1 N–H and O–H groups in total. The molecule has 3 aromatic rings. The molecule has 2 aromatic carbocycles. The predicted molar refractivity (Wildman–Crippen MR) is 104 cm³/mol. The first-order valence-corrected chi connectivity index (χ1v) is 9.41. The Morgan fingerprint density at radius 2 is 1.88 bits per heavy atom. The molecule has 1 aliphatic heterocycles. The Kier molecular flexibility index (Phi) is 4.54. The summed E-state index contributed by atoms with van der Waals surface area (Å²) in [4.78, 5) is 27.4. The summed E-state index contributed by atoms with van der Waals surface area (Å²) in [5, 5.41) is 4.82. The summed E-state index contributed by atoms with van der Waals surface area (Å²) >= 11 is 1.42. The fourth-order valence-corrected chi connectivity index (χ4v) is 3.80. The monoisotopic (exact) mass is 362 g/mol. The highest BCUT2D eigenvalue weighted by Crippen LogP contribution is 2.30. The van der Waals surface area contributed by atoms with E-state index in [9.17, 15) is 9.59 Å². The molecule has 2 amide bonds. The summed E-state index contributed by atoms with van der Waals surface area (Å²) in [7, 11) is 0. The van der Waals surface area contributed by atoms with Gasteiger partial charge in [0.2, 0.25) is 0 Å². The number of thiophene rings is 1. The van der Waals surface area contributed by atoms with Crippen molar-refractivity contribution in [3.8, 4) is 0 Å². The molecule has 26 heavy (non-hydrogen) atoms. The van der Waals surface area contributed by atoms with Crippen LogP contribution in [0.15, 0.2) is 66.0 Å². The zero-order valence-corrected chi connectivity index (χ0v) is 15.0. The number of rotatable bonds is 4. The standard InChI is InChI=1S/C21H18N2O2S/c24-20(19-7-4-12-26-19)22-14-15-8-9-16-10-11-23(18(16)13-15)21(25)17-5-2-1-3-6-17/h1-9,12-13H,10-11,14H2,(H,22,24). The highest BCUT2D eigenvalue weighted by atomic mass is 32.1. The maximum Gasteiger partial charge on any atom is 0.261 e. The minimum absolute atomic E-state index is 0.0177. The van der Waals surface area contributed by atoms with Gasteiger partial charge in [-0.2, -0.15) is 0 Å². The van der Waals surface area contributed by atoms with Gasteiger partial charge in [-0.1, -0.05) is 36.4 Å². The molecule has 0 saturated heterocycles. The molecule has 0 saturated carbocycles. The van der Waals surface area contributed by atoms with Crippen LogP contribution in [-0.4, -0.2) is 18.4 Å². The first-order valence-electron chi connectivity index (χ1n) is 8.53. The molecular weight excluding hydrogens is 344 g/mol.